The molecule has 2 nitrogen and oxygen atoms in total. The van der Waals surface area contributed by atoms with E-state index in [0.717, 1.165) is 25.8 Å². The molecule has 0 saturated carbocycles. The van der Waals surface area contributed by atoms with E-state index in [1.54, 1.807) is 6.07 Å². The first-order chi connectivity index (χ1) is 8.65. The molecule has 0 heterocycles. The Bertz CT molecular complexity index is 358. The summed E-state index contributed by atoms with van der Waals surface area (Å²) < 4.78 is 5.61. The first kappa shape index (κ1) is 15.6. The Morgan fingerprint density at radius 2 is 2.06 bits per heavy atom. The van der Waals surface area contributed by atoms with Crippen molar-refractivity contribution >= 4 is 23.2 Å². The molecule has 0 aromatic heterocycles. The highest BCUT2D eigenvalue weighted by Gasteiger charge is 2.04. The molecule has 102 valence electrons. The lowest BCUT2D eigenvalue weighted by Crippen LogP contribution is -2.26. The summed E-state index contributed by atoms with van der Waals surface area (Å²) in [4.78, 5) is 0. The zero-order valence-corrected chi connectivity index (χ0v) is 12.5. The molecule has 0 aliphatic heterocycles. The van der Waals surface area contributed by atoms with Gasteiger partial charge in [-0.2, -0.15) is 0 Å². The average molecular weight is 290 g/mol. The van der Waals surface area contributed by atoms with Crippen molar-refractivity contribution in [3.63, 3.8) is 0 Å². The Kier molecular flexibility index (Phi) is 7.48. The number of ether oxygens (including phenoxy) is 1. The second kappa shape index (κ2) is 8.63. The van der Waals surface area contributed by atoms with Gasteiger partial charge in [0.15, 0.2) is 0 Å². The van der Waals surface area contributed by atoms with E-state index < -0.39 is 0 Å². The molecule has 0 spiro atoms. The van der Waals surface area contributed by atoms with E-state index in [1.165, 1.54) is 0 Å². The number of halogens is 2. The molecule has 0 bridgehead atoms. The maximum atomic E-state index is 6.02. The zero-order valence-electron chi connectivity index (χ0n) is 11.0. The van der Waals surface area contributed by atoms with Crippen LogP contribution in [0.1, 0.15) is 33.1 Å². The number of unbranched alkanes of at least 4 members (excludes halogenated alkanes) is 1. The molecule has 0 unspecified atom stereocenters. The quantitative estimate of drug-likeness (QED) is 0.710. The number of hydrogen-bond acceptors (Lipinski definition) is 2. The monoisotopic (exact) mass is 289 g/mol. The van der Waals surface area contributed by atoms with E-state index in [1.807, 2.05) is 12.1 Å². The fourth-order valence-electron chi connectivity index (χ4n) is 1.50. The van der Waals surface area contributed by atoms with Crippen LogP contribution < -0.4 is 10.1 Å². The molecule has 0 amide bonds. The third-order valence-electron chi connectivity index (χ3n) is 2.85. The summed E-state index contributed by atoms with van der Waals surface area (Å²) in [5.74, 6) is 0.666. The van der Waals surface area contributed by atoms with Gasteiger partial charge in [0.05, 0.1) is 11.6 Å². The van der Waals surface area contributed by atoms with Crippen LogP contribution in [0.3, 0.4) is 0 Å². The van der Waals surface area contributed by atoms with Gasteiger partial charge in [-0.15, -0.1) is 0 Å². The van der Waals surface area contributed by atoms with Gasteiger partial charge in [-0.25, -0.2) is 0 Å². The van der Waals surface area contributed by atoms with Gasteiger partial charge in [-0.05, 0) is 44.9 Å². The molecule has 1 aromatic carbocycles. The van der Waals surface area contributed by atoms with Crippen LogP contribution in [0.2, 0.25) is 10.0 Å². The molecular formula is C14H21Cl2NO. The SMILES string of the molecule is CC[C@@H](C)NCCCCOc1cccc(Cl)c1Cl. The molecule has 1 rings (SSSR count). The highest BCUT2D eigenvalue weighted by Crippen LogP contribution is 2.31. The Balaban J connectivity index is 2.16. The van der Waals surface area contributed by atoms with Crippen LogP contribution in [0.15, 0.2) is 18.2 Å². The van der Waals surface area contributed by atoms with Gasteiger partial charge in [0.1, 0.15) is 10.8 Å². The number of rotatable bonds is 8. The molecule has 1 N–H and O–H groups in total. The van der Waals surface area contributed by atoms with E-state index in [-0.39, 0.29) is 0 Å². The fraction of sp³-hybridized carbons (Fsp3) is 0.571. The van der Waals surface area contributed by atoms with E-state index in [2.05, 4.69) is 19.2 Å². The van der Waals surface area contributed by atoms with E-state index >= 15 is 0 Å². The first-order valence-electron chi connectivity index (χ1n) is 6.45. The van der Waals surface area contributed by atoms with Crippen molar-refractivity contribution in [3.05, 3.63) is 28.2 Å². The van der Waals surface area contributed by atoms with Crippen molar-refractivity contribution in [2.45, 2.75) is 39.2 Å². The lowest BCUT2D eigenvalue weighted by atomic mass is 10.2. The Morgan fingerprint density at radius 1 is 1.28 bits per heavy atom. The smallest absolute Gasteiger partial charge is 0.139 e. The molecule has 0 saturated heterocycles. The van der Waals surface area contributed by atoms with Crippen molar-refractivity contribution in [3.8, 4) is 5.75 Å². The Morgan fingerprint density at radius 3 is 2.78 bits per heavy atom. The van der Waals surface area contributed by atoms with Crippen LogP contribution in [0, 0.1) is 0 Å². The highest BCUT2D eigenvalue weighted by atomic mass is 35.5. The molecule has 0 radical (unpaired) electrons. The normalized spacial score (nSPS) is 12.4. The highest BCUT2D eigenvalue weighted by molar-refractivity contribution is 6.42. The van der Waals surface area contributed by atoms with Crippen LogP contribution in [-0.2, 0) is 0 Å². The molecule has 1 atom stereocenters. The summed E-state index contributed by atoms with van der Waals surface area (Å²) in [5, 5.41) is 4.48. The summed E-state index contributed by atoms with van der Waals surface area (Å²) in [5.41, 5.74) is 0. The molecule has 18 heavy (non-hydrogen) atoms. The van der Waals surface area contributed by atoms with Crippen LogP contribution in [0.25, 0.3) is 0 Å². The second-order valence-electron chi connectivity index (χ2n) is 4.37. The lowest BCUT2D eigenvalue weighted by Gasteiger charge is -2.11. The Labute approximate surface area is 120 Å². The first-order valence-corrected chi connectivity index (χ1v) is 7.21. The van der Waals surface area contributed by atoms with Crippen LogP contribution in [0.5, 0.6) is 5.75 Å². The number of nitrogens with one attached hydrogen (secondary N) is 1. The van der Waals surface area contributed by atoms with Gasteiger partial charge in [0, 0.05) is 6.04 Å². The largest absolute Gasteiger partial charge is 0.492 e. The molecule has 1 aromatic rings. The molecule has 4 heteroatoms. The molecule has 0 aliphatic rings. The summed E-state index contributed by atoms with van der Waals surface area (Å²) >= 11 is 11.9. The third kappa shape index (κ3) is 5.47. The van der Waals surface area contributed by atoms with Crippen molar-refractivity contribution in [2.24, 2.45) is 0 Å². The van der Waals surface area contributed by atoms with Crippen molar-refractivity contribution < 1.29 is 4.74 Å². The fourth-order valence-corrected chi connectivity index (χ4v) is 1.84. The lowest BCUT2D eigenvalue weighted by molar-refractivity contribution is 0.305. The standard InChI is InChI=1S/C14H21Cl2NO/c1-3-11(2)17-9-4-5-10-18-13-8-6-7-12(15)14(13)16/h6-8,11,17H,3-5,9-10H2,1-2H3/t11-/m1/s1. The molecular weight excluding hydrogens is 269 g/mol. The topological polar surface area (TPSA) is 21.3 Å². The Hall–Kier alpha value is -0.440. The summed E-state index contributed by atoms with van der Waals surface area (Å²) in [6.07, 6.45) is 3.27. The molecule has 0 fully saturated rings. The van der Waals surface area contributed by atoms with E-state index in [0.29, 0.717) is 28.4 Å². The third-order valence-corrected chi connectivity index (χ3v) is 3.65. The van der Waals surface area contributed by atoms with Crippen LogP contribution in [0.4, 0.5) is 0 Å². The average Bonchev–Trinajstić information content (AvgIpc) is 2.38. The van der Waals surface area contributed by atoms with Crippen LogP contribution >= 0.6 is 23.2 Å². The van der Waals surface area contributed by atoms with E-state index in [4.69, 9.17) is 27.9 Å². The maximum absolute atomic E-state index is 6.02. The number of hydrogen-bond donors (Lipinski definition) is 1. The molecule has 0 aliphatic carbocycles. The van der Waals surface area contributed by atoms with Gasteiger partial charge < -0.3 is 10.1 Å². The summed E-state index contributed by atoms with van der Waals surface area (Å²) in [6.45, 7) is 6.08. The van der Waals surface area contributed by atoms with Crippen molar-refractivity contribution in [1.29, 1.82) is 0 Å². The second-order valence-corrected chi connectivity index (χ2v) is 5.16. The van der Waals surface area contributed by atoms with Crippen molar-refractivity contribution in [2.75, 3.05) is 13.2 Å². The van der Waals surface area contributed by atoms with Gasteiger partial charge in [0.25, 0.3) is 0 Å². The predicted molar refractivity (Wildman–Crippen MR) is 78.9 cm³/mol. The minimum atomic E-state index is 0.497. The predicted octanol–water partition coefficient (Wildman–Crippen LogP) is 4.54. The van der Waals surface area contributed by atoms with Crippen molar-refractivity contribution in [1.82, 2.24) is 5.32 Å². The minimum Gasteiger partial charge on any atom is -0.492 e. The van der Waals surface area contributed by atoms with E-state index in [9.17, 15) is 0 Å². The maximum Gasteiger partial charge on any atom is 0.139 e. The van der Waals surface area contributed by atoms with Gasteiger partial charge in [0.2, 0.25) is 0 Å². The minimum absolute atomic E-state index is 0.497. The number of benzene rings is 1. The van der Waals surface area contributed by atoms with Gasteiger partial charge in [-0.3, -0.25) is 0 Å². The van der Waals surface area contributed by atoms with Gasteiger partial charge >= 0.3 is 0 Å². The summed E-state index contributed by atoms with van der Waals surface area (Å²) in [6, 6.07) is 6.03. The van der Waals surface area contributed by atoms with Crippen LogP contribution in [-0.4, -0.2) is 19.2 Å². The zero-order chi connectivity index (χ0) is 13.4. The van der Waals surface area contributed by atoms with Gasteiger partial charge in [-0.1, -0.05) is 36.2 Å². The summed E-state index contributed by atoms with van der Waals surface area (Å²) in [7, 11) is 0.